The number of ether oxygens (including phenoxy) is 1. The summed E-state index contributed by atoms with van der Waals surface area (Å²) in [6.07, 6.45) is 0.174. The second-order valence-corrected chi connectivity index (χ2v) is 8.53. The molecule has 0 aliphatic carbocycles. The molecule has 2 N–H and O–H groups in total. The third kappa shape index (κ3) is 7.41. The van der Waals surface area contributed by atoms with Gasteiger partial charge < -0.3 is 15.4 Å². The summed E-state index contributed by atoms with van der Waals surface area (Å²) in [4.78, 5) is 4.06. The van der Waals surface area contributed by atoms with Crippen molar-refractivity contribution in [2.24, 2.45) is 4.99 Å². The number of hydrogen-bond donors (Lipinski definition) is 2. The molecule has 0 amide bonds. The zero-order valence-electron chi connectivity index (χ0n) is 16.4. The summed E-state index contributed by atoms with van der Waals surface area (Å²) in [5.41, 5.74) is -5.29. The lowest BCUT2D eigenvalue weighted by molar-refractivity contribution is -0.0494. The first kappa shape index (κ1) is 26.7. The van der Waals surface area contributed by atoms with E-state index in [-0.39, 0.29) is 67.9 Å². The van der Waals surface area contributed by atoms with Crippen molar-refractivity contribution in [2.45, 2.75) is 37.4 Å². The predicted molar refractivity (Wildman–Crippen MR) is 116 cm³/mol. The van der Waals surface area contributed by atoms with E-state index >= 15 is 0 Å². The summed E-state index contributed by atoms with van der Waals surface area (Å²) in [6.45, 7) is 1.74. The molecule has 1 unspecified atom stereocenters. The van der Waals surface area contributed by atoms with Crippen LogP contribution in [0.15, 0.2) is 29.3 Å². The Morgan fingerprint density at radius 1 is 1.27 bits per heavy atom. The summed E-state index contributed by atoms with van der Waals surface area (Å²) in [5, 5.41) is 6.12. The number of nitrogens with zero attached hydrogens (tertiary/aromatic N) is 2. The van der Waals surface area contributed by atoms with Crippen molar-refractivity contribution in [2.75, 3.05) is 26.7 Å². The Morgan fingerprint density at radius 3 is 2.33 bits per heavy atom. The van der Waals surface area contributed by atoms with Gasteiger partial charge in [0.05, 0.1) is 6.54 Å². The van der Waals surface area contributed by atoms with Crippen LogP contribution in [0, 0.1) is 5.82 Å². The maximum Gasteiger partial charge on any atom is 0.511 e. The molecular formula is C17H25F4IN4O3S. The highest BCUT2D eigenvalue weighted by Crippen LogP contribution is 2.28. The van der Waals surface area contributed by atoms with Crippen LogP contribution in [-0.2, 0) is 10.0 Å². The fourth-order valence-electron chi connectivity index (χ4n) is 2.80. The van der Waals surface area contributed by atoms with Gasteiger partial charge >= 0.3 is 15.5 Å². The smallest absolute Gasteiger partial charge is 0.489 e. The van der Waals surface area contributed by atoms with Gasteiger partial charge in [0.2, 0.25) is 0 Å². The number of aliphatic imine (C=N–C) groups is 1. The molecule has 172 valence electrons. The van der Waals surface area contributed by atoms with Gasteiger partial charge in [-0.05, 0) is 44.0 Å². The Morgan fingerprint density at radius 2 is 1.83 bits per heavy atom. The van der Waals surface area contributed by atoms with Crippen molar-refractivity contribution in [3.8, 4) is 5.75 Å². The van der Waals surface area contributed by atoms with Crippen molar-refractivity contribution >= 4 is 40.0 Å². The lowest BCUT2D eigenvalue weighted by atomic mass is 10.1. The summed E-state index contributed by atoms with van der Waals surface area (Å²) in [5.74, 6) is 0.584. The Balaban J connectivity index is 0.00000450. The minimum atomic E-state index is -5.29. The lowest BCUT2D eigenvalue weighted by Crippen LogP contribution is -2.52. The third-order valence-corrected chi connectivity index (χ3v) is 5.99. The molecule has 1 atom stereocenters. The zero-order valence-corrected chi connectivity index (χ0v) is 19.6. The van der Waals surface area contributed by atoms with Gasteiger partial charge in [-0.15, -0.1) is 24.0 Å². The molecule has 0 bridgehead atoms. The topological polar surface area (TPSA) is 83.0 Å². The van der Waals surface area contributed by atoms with E-state index in [2.05, 4.69) is 15.6 Å². The summed E-state index contributed by atoms with van der Waals surface area (Å²) < 4.78 is 79.8. The molecule has 30 heavy (non-hydrogen) atoms. The number of alkyl halides is 3. The van der Waals surface area contributed by atoms with Crippen molar-refractivity contribution in [1.82, 2.24) is 14.9 Å². The molecule has 0 saturated carbocycles. The first-order valence-electron chi connectivity index (χ1n) is 8.98. The van der Waals surface area contributed by atoms with Crippen molar-refractivity contribution < 1.29 is 30.7 Å². The van der Waals surface area contributed by atoms with Crippen molar-refractivity contribution in [1.29, 1.82) is 0 Å². The molecule has 0 radical (unpaired) electrons. The molecule has 1 saturated heterocycles. The van der Waals surface area contributed by atoms with Crippen LogP contribution in [0.3, 0.4) is 0 Å². The molecule has 7 nitrogen and oxygen atoms in total. The van der Waals surface area contributed by atoms with E-state index in [1.165, 1.54) is 24.3 Å². The normalized spacial score (nSPS) is 17.7. The van der Waals surface area contributed by atoms with Crippen molar-refractivity contribution in [3.05, 3.63) is 30.1 Å². The van der Waals surface area contributed by atoms with Gasteiger partial charge in [-0.1, -0.05) is 0 Å². The number of halogens is 5. The highest BCUT2D eigenvalue weighted by atomic mass is 127. The summed E-state index contributed by atoms with van der Waals surface area (Å²) in [6, 6.07) is 5.40. The molecule has 1 aromatic rings. The zero-order chi connectivity index (χ0) is 21.7. The van der Waals surface area contributed by atoms with E-state index in [0.717, 1.165) is 0 Å². The molecular weight excluding hydrogens is 543 g/mol. The van der Waals surface area contributed by atoms with Crippen LogP contribution in [0.1, 0.15) is 19.8 Å². The Labute approximate surface area is 190 Å². The lowest BCUT2D eigenvalue weighted by Gasteiger charge is -2.32. The average molecular weight is 568 g/mol. The van der Waals surface area contributed by atoms with Crippen LogP contribution in [0.5, 0.6) is 5.75 Å². The second kappa shape index (κ2) is 11.3. The van der Waals surface area contributed by atoms with E-state index < -0.39 is 15.5 Å². The first-order chi connectivity index (χ1) is 13.5. The van der Waals surface area contributed by atoms with Gasteiger partial charge in [-0.2, -0.15) is 17.5 Å². The highest BCUT2D eigenvalue weighted by Gasteiger charge is 2.50. The van der Waals surface area contributed by atoms with E-state index in [4.69, 9.17) is 4.74 Å². The average Bonchev–Trinajstić information content (AvgIpc) is 2.66. The van der Waals surface area contributed by atoms with E-state index in [1.807, 2.05) is 6.92 Å². The number of rotatable bonds is 6. The third-order valence-electron chi connectivity index (χ3n) is 4.36. The molecule has 0 aromatic heterocycles. The van der Waals surface area contributed by atoms with E-state index in [0.29, 0.717) is 22.6 Å². The van der Waals surface area contributed by atoms with Gasteiger partial charge in [0.1, 0.15) is 17.7 Å². The van der Waals surface area contributed by atoms with Gasteiger partial charge in [0, 0.05) is 26.2 Å². The van der Waals surface area contributed by atoms with Crippen LogP contribution in [0.2, 0.25) is 0 Å². The molecule has 1 aliphatic heterocycles. The van der Waals surface area contributed by atoms with Crippen LogP contribution < -0.4 is 15.4 Å². The fraction of sp³-hybridized carbons (Fsp3) is 0.588. The number of hydrogen-bond acceptors (Lipinski definition) is 4. The Bertz CT molecular complexity index is 798. The molecule has 2 rings (SSSR count). The quantitative estimate of drug-likeness (QED) is 0.239. The first-order valence-corrected chi connectivity index (χ1v) is 10.4. The molecule has 1 heterocycles. The molecule has 0 spiro atoms. The Hall–Kier alpha value is -1.35. The standard InChI is InChI=1S/C17H24F4N4O3S.HI/c1-12(28-15-5-3-13(18)4-6-15)11-23-16(22-2)24-14-7-9-25(10-8-14)29(26,27)17(19,20)21;/h3-6,12,14H,7-11H2,1-2H3,(H2,22,23,24);1H. The van der Waals surface area contributed by atoms with Gasteiger partial charge in [0.15, 0.2) is 5.96 Å². The van der Waals surface area contributed by atoms with E-state index in [1.54, 1.807) is 7.05 Å². The minimum Gasteiger partial charge on any atom is -0.489 e. The monoisotopic (exact) mass is 568 g/mol. The SMILES string of the molecule is CN=C(NCC(C)Oc1ccc(F)cc1)NC1CCN(S(=O)(=O)C(F)(F)F)CC1.I. The fourth-order valence-corrected chi connectivity index (χ4v) is 3.79. The number of piperidine rings is 1. The van der Waals surface area contributed by atoms with Crippen LogP contribution >= 0.6 is 24.0 Å². The maximum absolute atomic E-state index is 12.9. The predicted octanol–water partition coefficient (Wildman–Crippen LogP) is 2.69. The number of guanidine groups is 1. The number of nitrogens with one attached hydrogen (secondary N) is 2. The van der Waals surface area contributed by atoms with Crippen molar-refractivity contribution in [3.63, 3.8) is 0 Å². The summed E-state index contributed by atoms with van der Waals surface area (Å²) in [7, 11) is -3.75. The molecule has 1 fully saturated rings. The molecule has 1 aromatic carbocycles. The maximum atomic E-state index is 12.9. The molecule has 13 heteroatoms. The largest absolute Gasteiger partial charge is 0.511 e. The van der Waals surface area contributed by atoms with Gasteiger partial charge in [-0.25, -0.2) is 12.8 Å². The summed E-state index contributed by atoms with van der Waals surface area (Å²) >= 11 is 0. The van der Waals surface area contributed by atoms with Gasteiger partial charge in [-0.3, -0.25) is 4.99 Å². The second-order valence-electron chi connectivity index (χ2n) is 6.60. The van der Waals surface area contributed by atoms with Crippen LogP contribution in [0.25, 0.3) is 0 Å². The van der Waals surface area contributed by atoms with Crippen LogP contribution in [-0.4, -0.2) is 63.0 Å². The number of benzene rings is 1. The van der Waals surface area contributed by atoms with Gasteiger partial charge in [0.25, 0.3) is 0 Å². The van der Waals surface area contributed by atoms with E-state index in [9.17, 15) is 26.0 Å². The number of sulfonamides is 1. The highest BCUT2D eigenvalue weighted by molar-refractivity contribution is 14.0. The molecule has 1 aliphatic rings. The minimum absolute atomic E-state index is 0. The van der Waals surface area contributed by atoms with Crippen LogP contribution in [0.4, 0.5) is 17.6 Å². The Kier molecular flexibility index (Phi) is 10.1.